The first-order chi connectivity index (χ1) is 13.4. The van der Waals surface area contributed by atoms with Gasteiger partial charge in [-0.3, -0.25) is 0 Å². The summed E-state index contributed by atoms with van der Waals surface area (Å²) in [6.07, 6.45) is 5.10. The Morgan fingerprint density at radius 2 is 1.82 bits per heavy atom. The molecule has 1 N–H and O–H groups in total. The summed E-state index contributed by atoms with van der Waals surface area (Å²) in [4.78, 5) is 15.5. The molecular formula is C24H19NO2S. The van der Waals surface area contributed by atoms with Gasteiger partial charge in [-0.25, -0.2) is 9.78 Å². The molecule has 0 atom stereocenters. The molecule has 1 aromatic heterocycles. The Balaban J connectivity index is 1.71. The van der Waals surface area contributed by atoms with E-state index in [1.807, 2.05) is 11.6 Å². The van der Waals surface area contributed by atoms with Crippen LogP contribution in [0.15, 0.2) is 60.1 Å². The second-order valence-corrected chi connectivity index (χ2v) is 8.33. The molecule has 3 nitrogen and oxygen atoms in total. The van der Waals surface area contributed by atoms with E-state index in [1.54, 1.807) is 35.6 Å². The van der Waals surface area contributed by atoms with Crippen molar-refractivity contribution in [2.75, 3.05) is 0 Å². The first-order valence-corrected chi connectivity index (χ1v) is 9.92. The monoisotopic (exact) mass is 385 g/mol. The predicted molar refractivity (Wildman–Crippen MR) is 113 cm³/mol. The SMILES string of the molecule is CC1(C)CC=C(c2nccs2)c2cc(C#Cc3ccc(C(=O)O)cc3)ccc21. The highest BCUT2D eigenvalue weighted by Gasteiger charge is 2.29. The maximum atomic E-state index is 11.0. The molecule has 0 amide bonds. The van der Waals surface area contributed by atoms with Crippen LogP contribution in [0.5, 0.6) is 0 Å². The molecule has 1 aliphatic carbocycles. The topological polar surface area (TPSA) is 50.2 Å². The number of benzene rings is 2. The summed E-state index contributed by atoms with van der Waals surface area (Å²) >= 11 is 1.65. The molecule has 0 unspecified atom stereocenters. The van der Waals surface area contributed by atoms with Crippen LogP contribution in [0.25, 0.3) is 5.57 Å². The van der Waals surface area contributed by atoms with Crippen molar-refractivity contribution < 1.29 is 9.90 Å². The molecule has 0 bridgehead atoms. The zero-order chi connectivity index (χ0) is 19.7. The van der Waals surface area contributed by atoms with Gasteiger partial charge in [-0.15, -0.1) is 11.3 Å². The van der Waals surface area contributed by atoms with E-state index in [4.69, 9.17) is 5.11 Å². The maximum Gasteiger partial charge on any atom is 0.335 e. The van der Waals surface area contributed by atoms with E-state index >= 15 is 0 Å². The molecule has 0 spiro atoms. The number of hydrogen-bond donors (Lipinski definition) is 1. The van der Waals surface area contributed by atoms with Gasteiger partial charge in [0.15, 0.2) is 0 Å². The average Bonchev–Trinajstić information content (AvgIpc) is 3.21. The fourth-order valence-corrected chi connectivity index (χ4v) is 4.10. The van der Waals surface area contributed by atoms with Crippen LogP contribution < -0.4 is 0 Å². The standard InChI is InChI=1S/C24H19NO2S/c1-24(2)12-11-19(22-25-13-14-28-22)20-15-17(7-10-21(20)24)4-3-16-5-8-18(9-6-16)23(26)27/h5-11,13-15H,12H2,1-2H3,(H,26,27). The Morgan fingerprint density at radius 3 is 2.50 bits per heavy atom. The lowest BCUT2D eigenvalue weighted by atomic mass is 9.73. The van der Waals surface area contributed by atoms with Crippen LogP contribution in [0.2, 0.25) is 0 Å². The Kier molecular flexibility index (Phi) is 4.62. The average molecular weight is 385 g/mol. The van der Waals surface area contributed by atoms with E-state index < -0.39 is 5.97 Å². The highest BCUT2D eigenvalue weighted by Crippen LogP contribution is 2.41. The lowest BCUT2D eigenvalue weighted by Gasteiger charge is -2.31. The minimum Gasteiger partial charge on any atom is -0.478 e. The summed E-state index contributed by atoms with van der Waals surface area (Å²) in [6, 6.07) is 13.0. The Morgan fingerprint density at radius 1 is 1.11 bits per heavy atom. The number of carboxylic acids is 1. The Hall–Kier alpha value is -3.16. The lowest BCUT2D eigenvalue weighted by molar-refractivity contribution is 0.0697. The third-order valence-electron chi connectivity index (χ3n) is 5.00. The van der Waals surface area contributed by atoms with Crippen LogP contribution in [0, 0.1) is 11.8 Å². The summed E-state index contributed by atoms with van der Waals surface area (Å²) in [7, 11) is 0. The largest absolute Gasteiger partial charge is 0.478 e. The van der Waals surface area contributed by atoms with Crippen LogP contribution >= 0.6 is 11.3 Å². The number of hydrogen-bond acceptors (Lipinski definition) is 3. The smallest absolute Gasteiger partial charge is 0.335 e. The molecule has 4 rings (SSSR count). The molecule has 0 fully saturated rings. The van der Waals surface area contributed by atoms with Crippen LogP contribution in [-0.2, 0) is 5.41 Å². The quantitative estimate of drug-likeness (QED) is 0.605. The summed E-state index contributed by atoms with van der Waals surface area (Å²) in [5.41, 5.74) is 5.75. The maximum absolute atomic E-state index is 11.0. The summed E-state index contributed by atoms with van der Waals surface area (Å²) in [5, 5.41) is 12.0. The molecule has 0 saturated carbocycles. The minimum absolute atomic E-state index is 0.0781. The van der Waals surface area contributed by atoms with Gasteiger partial charge in [0.1, 0.15) is 5.01 Å². The summed E-state index contributed by atoms with van der Waals surface area (Å²) in [6.45, 7) is 4.52. The van der Waals surface area contributed by atoms with Crippen LogP contribution in [0.4, 0.5) is 0 Å². The van der Waals surface area contributed by atoms with Crippen molar-refractivity contribution in [1.29, 1.82) is 0 Å². The molecule has 1 heterocycles. The van der Waals surface area contributed by atoms with Crippen LogP contribution in [0.1, 0.15) is 57.9 Å². The van der Waals surface area contributed by atoms with Gasteiger partial charge in [0, 0.05) is 28.3 Å². The molecular weight excluding hydrogens is 366 g/mol. The first kappa shape index (κ1) is 18.2. The number of aromatic nitrogens is 1. The highest BCUT2D eigenvalue weighted by atomic mass is 32.1. The minimum atomic E-state index is -0.932. The number of allylic oxidation sites excluding steroid dienone is 1. The van der Waals surface area contributed by atoms with Crippen molar-refractivity contribution in [3.63, 3.8) is 0 Å². The molecule has 28 heavy (non-hydrogen) atoms. The lowest BCUT2D eigenvalue weighted by Crippen LogP contribution is -2.21. The van der Waals surface area contributed by atoms with Crippen LogP contribution in [0.3, 0.4) is 0 Å². The molecule has 4 heteroatoms. The highest BCUT2D eigenvalue weighted by molar-refractivity contribution is 7.10. The molecule has 0 aliphatic heterocycles. The van der Waals surface area contributed by atoms with E-state index in [0.29, 0.717) is 0 Å². The predicted octanol–water partition coefficient (Wildman–Crippen LogP) is 5.35. The normalized spacial score (nSPS) is 14.4. The third kappa shape index (κ3) is 3.49. The number of thiazole rings is 1. The number of aromatic carboxylic acids is 1. The van der Waals surface area contributed by atoms with E-state index in [1.165, 1.54) is 16.7 Å². The van der Waals surface area contributed by atoms with E-state index in [2.05, 4.69) is 54.9 Å². The van der Waals surface area contributed by atoms with Gasteiger partial charge in [-0.05, 0) is 59.4 Å². The molecule has 0 radical (unpaired) electrons. The number of carboxylic acid groups (broad SMARTS) is 1. The van der Waals surface area contributed by atoms with Gasteiger partial charge >= 0.3 is 5.97 Å². The molecule has 138 valence electrons. The van der Waals surface area contributed by atoms with Crippen molar-refractivity contribution in [1.82, 2.24) is 4.98 Å². The molecule has 2 aromatic carbocycles. The number of carbonyl (C=O) groups is 1. The zero-order valence-electron chi connectivity index (χ0n) is 15.7. The Labute approximate surface area is 168 Å². The number of nitrogens with zero attached hydrogens (tertiary/aromatic N) is 1. The van der Waals surface area contributed by atoms with Crippen LogP contribution in [-0.4, -0.2) is 16.1 Å². The summed E-state index contributed by atoms with van der Waals surface area (Å²) < 4.78 is 0. The first-order valence-electron chi connectivity index (χ1n) is 9.04. The zero-order valence-corrected chi connectivity index (χ0v) is 16.5. The Bertz CT molecular complexity index is 1130. The second-order valence-electron chi connectivity index (χ2n) is 7.44. The van der Waals surface area contributed by atoms with Crippen molar-refractivity contribution in [2.24, 2.45) is 0 Å². The fraction of sp³-hybridized carbons (Fsp3) is 0.167. The van der Waals surface area contributed by atoms with Gasteiger partial charge in [-0.2, -0.15) is 0 Å². The van der Waals surface area contributed by atoms with E-state index in [9.17, 15) is 4.79 Å². The number of rotatable bonds is 2. The van der Waals surface area contributed by atoms with Gasteiger partial charge in [0.2, 0.25) is 0 Å². The molecule has 0 saturated heterocycles. The van der Waals surface area contributed by atoms with Gasteiger partial charge in [-0.1, -0.05) is 37.8 Å². The van der Waals surface area contributed by atoms with Crippen molar-refractivity contribution >= 4 is 22.9 Å². The molecule has 1 aliphatic rings. The summed E-state index contributed by atoms with van der Waals surface area (Å²) in [5.74, 6) is 5.41. The number of fused-ring (bicyclic) bond motifs is 1. The third-order valence-corrected chi connectivity index (χ3v) is 5.81. The second kappa shape index (κ2) is 7.10. The molecule has 3 aromatic rings. The van der Waals surface area contributed by atoms with E-state index in [0.717, 1.165) is 22.6 Å². The van der Waals surface area contributed by atoms with Gasteiger partial charge in [0.25, 0.3) is 0 Å². The fourth-order valence-electron chi connectivity index (χ4n) is 3.41. The van der Waals surface area contributed by atoms with Crippen molar-refractivity contribution in [3.05, 3.63) is 92.9 Å². The van der Waals surface area contributed by atoms with Gasteiger partial charge in [0.05, 0.1) is 5.56 Å². The van der Waals surface area contributed by atoms with Gasteiger partial charge < -0.3 is 5.11 Å². The van der Waals surface area contributed by atoms with Crippen molar-refractivity contribution in [2.45, 2.75) is 25.7 Å². The van der Waals surface area contributed by atoms with Crippen molar-refractivity contribution in [3.8, 4) is 11.8 Å². The van der Waals surface area contributed by atoms with E-state index in [-0.39, 0.29) is 11.0 Å².